The van der Waals surface area contributed by atoms with Crippen LogP contribution in [0.2, 0.25) is 5.02 Å². The summed E-state index contributed by atoms with van der Waals surface area (Å²) >= 11 is 7.09. The highest BCUT2D eigenvalue weighted by molar-refractivity contribution is 8.00. The van der Waals surface area contributed by atoms with Gasteiger partial charge in [-0.05, 0) is 49.7 Å². The van der Waals surface area contributed by atoms with Crippen LogP contribution in [-0.2, 0) is 11.3 Å². The van der Waals surface area contributed by atoms with E-state index in [1.807, 2.05) is 26.0 Å². The van der Waals surface area contributed by atoms with Crippen molar-refractivity contribution in [1.82, 2.24) is 14.5 Å². The molecule has 0 aliphatic carbocycles. The number of halogens is 2. The van der Waals surface area contributed by atoms with Gasteiger partial charge in [0.05, 0.1) is 29.0 Å². The molecule has 4 rings (SSSR count). The van der Waals surface area contributed by atoms with Gasteiger partial charge in [0, 0.05) is 11.4 Å². The number of nitrogens with zero attached hydrogens (tertiary/aromatic N) is 3. The molecule has 0 saturated carbocycles. The van der Waals surface area contributed by atoms with Crippen molar-refractivity contribution in [3.8, 4) is 0 Å². The van der Waals surface area contributed by atoms with Crippen molar-refractivity contribution in [2.24, 2.45) is 0 Å². The molecule has 1 N–H and O–H groups in total. The van der Waals surface area contributed by atoms with E-state index in [-0.39, 0.29) is 16.7 Å². The van der Waals surface area contributed by atoms with Gasteiger partial charge in [0.25, 0.3) is 0 Å². The molecule has 30 heavy (non-hydrogen) atoms. The minimum absolute atomic E-state index is 0.0399. The van der Waals surface area contributed by atoms with E-state index in [2.05, 4.69) is 19.9 Å². The number of nitrogens with one attached hydrogen (secondary N) is 1. The molecule has 9 heteroatoms. The molecule has 4 aromatic rings. The summed E-state index contributed by atoms with van der Waals surface area (Å²) < 4.78 is 20.8. The van der Waals surface area contributed by atoms with Gasteiger partial charge in [-0.3, -0.25) is 4.79 Å². The largest absolute Gasteiger partial charge is 0.467 e. The second-order valence-electron chi connectivity index (χ2n) is 6.72. The van der Waals surface area contributed by atoms with Crippen LogP contribution in [0.3, 0.4) is 0 Å². The van der Waals surface area contributed by atoms with E-state index in [0.29, 0.717) is 12.2 Å². The van der Waals surface area contributed by atoms with Crippen LogP contribution in [0.1, 0.15) is 17.0 Å². The van der Waals surface area contributed by atoms with Gasteiger partial charge in [-0.1, -0.05) is 23.4 Å². The molecule has 0 atom stereocenters. The van der Waals surface area contributed by atoms with Crippen LogP contribution in [-0.4, -0.2) is 26.2 Å². The average Bonchev–Trinajstić information content (AvgIpc) is 3.32. The van der Waals surface area contributed by atoms with Crippen molar-refractivity contribution in [1.29, 1.82) is 0 Å². The second kappa shape index (κ2) is 8.49. The van der Waals surface area contributed by atoms with Gasteiger partial charge in [-0.2, -0.15) is 0 Å². The van der Waals surface area contributed by atoms with Gasteiger partial charge < -0.3 is 14.3 Å². The summed E-state index contributed by atoms with van der Waals surface area (Å²) in [6, 6.07) is 7.84. The molecule has 0 aliphatic heterocycles. The third-order valence-electron chi connectivity index (χ3n) is 4.81. The number of thioether (sulfide) groups is 1. The number of amides is 1. The minimum atomic E-state index is -0.530. The lowest BCUT2D eigenvalue weighted by Crippen LogP contribution is -2.14. The van der Waals surface area contributed by atoms with Crippen molar-refractivity contribution < 1.29 is 13.6 Å². The summed E-state index contributed by atoms with van der Waals surface area (Å²) in [5.74, 6) is 0.208. The Labute approximate surface area is 181 Å². The molecule has 3 aromatic heterocycles. The topological polar surface area (TPSA) is 73.0 Å². The molecule has 0 unspecified atom stereocenters. The number of aryl methyl sites for hydroxylation is 1. The number of fused-ring (bicyclic) bond motifs is 1. The zero-order chi connectivity index (χ0) is 21.3. The van der Waals surface area contributed by atoms with Gasteiger partial charge in [0.15, 0.2) is 0 Å². The number of benzene rings is 1. The van der Waals surface area contributed by atoms with Crippen LogP contribution in [0.4, 0.5) is 10.1 Å². The molecule has 0 bridgehead atoms. The van der Waals surface area contributed by atoms with E-state index in [9.17, 15) is 9.18 Å². The predicted molar refractivity (Wildman–Crippen MR) is 116 cm³/mol. The fourth-order valence-corrected chi connectivity index (χ4v) is 4.23. The van der Waals surface area contributed by atoms with Crippen LogP contribution >= 0.6 is 23.4 Å². The third kappa shape index (κ3) is 4.06. The van der Waals surface area contributed by atoms with Crippen LogP contribution in [0.5, 0.6) is 0 Å². The molecule has 1 amide bonds. The number of rotatable bonds is 6. The van der Waals surface area contributed by atoms with Crippen LogP contribution in [0.25, 0.3) is 11.0 Å². The second-order valence-corrected chi connectivity index (χ2v) is 8.09. The summed E-state index contributed by atoms with van der Waals surface area (Å²) in [5, 5.41) is 4.33. The number of anilines is 1. The maximum atomic E-state index is 13.3. The van der Waals surface area contributed by atoms with E-state index in [0.717, 1.165) is 33.1 Å². The first kappa shape index (κ1) is 20.4. The fraction of sp³-hybridized carbons (Fsp3) is 0.190. The van der Waals surface area contributed by atoms with Crippen LogP contribution < -0.4 is 5.32 Å². The molecular formula is C21H18ClFN4O2S. The van der Waals surface area contributed by atoms with Gasteiger partial charge in [0.1, 0.15) is 28.6 Å². The van der Waals surface area contributed by atoms with E-state index >= 15 is 0 Å². The van der Waals surface area contributed by atoms with Gasteiger partial charge >= 0.3 is 0 Å². The highest BCUT2D eigenvalue weighted by atomic mass is 35.5. The Kier molecular flexibility index (Phi) is 5.78. The number of hydrogen-bond donors (Lipinski definition) is 1. The quantitative estimate of drug-likeness (QED) is 0.326. The zero-order valence-corrected chi connectivity index (χ0v) is 17.9. The zero-order valence-electron chi connectivity index (χ0n) is 16.3. The third-order valence-corrected chi connectivity index (χ3v) is 6.09. The first-order valence-electron chi connectivity index (χ1n) is 9.14. The van der Waals surface area contributed by atoms with Gasteiger partial charge in [-0.25, -0.2) is 14.4 Å². The van der Waals surface area contributed by atoms with Crippen LogP contribution in [0.15, 0.2) is 52.4 Å². The maximum absolute atomic E-state index is 13.3. The first-order chi connectivity index (χ1) is 14.4. The van der Waals surface area contributed by atoms with Crippen LogP contribution in [0, 0.1) is 19.7 Å². The first-order valence-corrected chi connectivity index (χ1v) is 10.5. The van der Waals surface area contributed by atoms with E-state index in [1.165, 1.54) is 36.3 Å². The monoisotopic (exact) mass is 444 g/mol. The summed E-state index contributed by atoms with van der Waals surface area (Å²) in [4.78, 5) is 21.2. The molecule has 0 aliphatic rings. The van der Waals surface area contributed by atoms with E-state index in [4.69, 9.17) is 16.0 Å². The van der Waals surface area contributed by atoms with Crippen molar-refractivity contribution in [2.45, 2.75) is 25.4 Å². The number of furan rings is 1. The Bertz CT molecular complexity index is 1220. The Balaban J connectivity index is 1.54. The van der Waals surface area contributed by atoms with Crippen molar-refractivity contribution in [3.05, 3.63) is 70.8 Å². The highest BCUT2D eigenvalue weighted by Crippen LogP contribution is 2.32. The molecule has 6 nitrogen and oxygen atoms in total. The predicted octanol–water partition coefficient (Wildman–Crippen LogP) is 5.21. The highest BCUT2D eigenvalue weighted by Gasteiger charge is 2.18. The Hall–Kier alpha value is -2.84. The average molecular weight is 445 g/mol. The maximum Gasteiger partial charge on any atom is 0.234 e. The molecule has 0 saturated heterocycles. The standard InChI is InChI=1S/C21H18ClFN4O2S/c1-12-13(2)27(9-15-4-3-7-29-15)20-19(12)21(25-11-24-20)30-10-18(28)26-14-5-6-17(23)16(22)8-14/h3-8,11H,9-10H2,1-2H3,(H,26,28). The number of hydrogen-bond acceptors (Lipinski definition) is 5. The number of aromatic nitrogens is 3. The minimum Gasteiger partial charge on any atom is -0.467 e. The molecule has 0 radical (unpaired) electrons. The molecule has 0 spiro atoms. The number of carbonyl (C=O) groups is 1. The lowest BCUT2D eigenvalue weighted by atomic mass is 10.2. The normalized spacial score (nSPS) is 11.2. The molecule has 0 fully saturated rings. The summed E-state index contributed by atoms with van der Waals surface area (Å²) in [6.07, 6.45) is 3.15. The molecule has 154 valence electrons. The van der Waals surface area contributed by atoms with Crippen molar-refractivity contribution in [3.63, 3.8) is 0 Å². The molecule has 1 aromatic carbocycles. The smallest absolute Gasteiger partial charge is 0.234 e. The Morgan fingerprint density at radius 2 is 2.13 bits per heavy atom. The van der Waals surface area contributed by atoms with Gasteiger partial charge in [0.2, 0.25) is 5.91 Å². The van der Waals surface area contributed by atoms with Gasteiger partial charge in [-0.15, -0.1) is 0 Å². The summed E-state index contributed by atoms with van der Waals surface area (Å²) in [6.45, 7) is 4.61. The fourth-order valence-electron chi connectivity index (χ4n) is 3.20. The lowest BCUT2D eigenvalue weighted by Gasteiger charge is -2.07. The van der Waals surface area contributed by atoms with E-state index in [1.54, 1.807) is 6.26 Å². The molecule has 3 heterocycles. The summed E-state index contributed by atoms with van der Waals surface area (Å²) in [7, 11) is 0. The van der Waals surface area contributed by atoms with Crippen molar-refractivity contribution >= 4 is 46.0 Å². The van der Waals surface area contributed by atoms with Crippen molar-refractivity contribution in [2.75, 3.05) is 11.1 Å². The Morgan fingerprint density at radius 1 is 1.30 bits per heavy atom. The molecular weight excluding hydrogens is 427 g/mol. The van der Waals surface area contributed by atoms with E-state index < -0.39 is 5.82 Å². The number of carbonyl (C=O) groups excluding carboxylic acids is 1. The lowest BCUT2D eigenvalue weighted by molar-refractivity contribution is -0.113. The summed E-state index contributed by atoms with van der Waals surface area (Å²) in [5.41, 5.74) is 3.36. The SMILES string of the molecule is Cc1c(C)n(Cc2ccco2)c2ncnc(SCC(=O)Nc3ccc(F)c(Cl)c3)c12. The Morgan fingerprint density at radius 3 is 2.87 bits per heavy atom.